The lowest BCUT2D eigenvalue weighted by Crippen LogP contribution is -2.55. The van der Waals surface area contributed by atoms with Crippen molar-refractivity contribution in [3.8, 4) is 0 Å². The number of ketones is 1. The molecule has 14 heavy (non-hydrogen) atoms. The molecule has 0 bridgehead atoms. The van der Waals surface area contributed by atoms with Crippen LogP contribution in [0.5, 0.6) is 0 Å². The smallest absolute Gasteiger partial charge is 0.331 e. The van der Waals surface area contributed by atoms with Crippen molar-refractivity contribution in [2.45, 2.75) is 31.7 Å². The summed E-state index contributed by atoms with van der Waals surface area (Å²) < 4.78 is 0. The van der Waals surface area contributed by atoms with Gasteiger partial charge < -0.3 is 16.6 Å². The standard InChI is InChI=1S/C8H14N2O4/c1-2-5(11)8(10,7(13)14)4-3-6(9)12/h2-4,10H2,1H3,(H2,9,12)(H,13,14). The Hall–Kier alpha value is -1.43. The van der Waals surface area contributed by atoms with Gasteiger partial charge in [0.15, 0.2) is 11.3 Å². The monoisotopic (exact) mass is 202 g/mol. The van der Waals surface area contributed by atoms with Gasteiger partial charge in [-0.25, -0.2) is 4.79 Å². The highest BCUT2D eigenvalue weighted by molar-refractivity contribution is 6.07. The zero-order valence-corrected chi connectivity index (χ0v) is 7.95. The van der Waals surface area contributed by atoms with Gasteiger partial charge in [0.2, 0.25) is 5.91 Å². The highest BCUT2D eigenvalue weighted by atomic mass is 16.4. The van der Waals surface area contributed by atoms with Crippen molar-refractivity contribution in [3.05, 3.63) is 0 Å². The third-order valence-electron chi connectivity index (χ3n) is 1.97. The Kier molecular flexibility index (Phi) is 4.23. The van der Waals surface area contributed by atoms with E-state index in [1.807, 2.05) is 0 Å². The van der Waals surface area contributed by atoms with Crippen LogP contribution < -0.4 is 11.5 Å². The molecule has 0 saturated heterocycles. The van der Waals surface area contributed by atoms with Crippen molar-refractivity contribution < 1.29 is 19.5 Å². The van der Waals surface area contributed by atoms with Gasteiger partial charge in [0.25, 0.3) is 0 Å². The van der Waals surface area contributed by atoms with E-state index in [0.29, 0.717) is 0 Å². The minimum Gasteiger partial charge on any atom is -0.480 e. The Morgan fingerprint density at radius 1 is 1.36 bits per heavy atom. The summed E-state index contributed by atoms with van der Waals surface area (Å²) in [5.41, 5.74) is 8.25. The van der Waals surface area contributed by atoms with Crippen molar-refractivity contribution in [3.63, 3.8) is 0 Å². The molecule has 5 N–H and O–H groups in total. The third-order valence-corrected chi connectivity index (χ3v) is 1.97. The maximum absolute atomic E-state index is 11.2. The summed E-state index contributed by atoms with van der Waals surface area (Å²) in [5.74, 6) is -2.71. The fourth-order valence-electron chi connectivity index (χ4n) is 1.00. The van der Waals surface area contributed by atoms with Gasteiger partial charge in [0.05, 0.1) is 0 Å². The summed E-state index contributed by atoms with van der Waals surface area (Å²) in [6, 6.07) is 0. The zero-order chi connectivity index (χ0) is 11.4. The van der Waals surface area contributed by atoms with Crippen LogP contribution in [0.25, 0.3) is 0 Å². The lowest BCUT2D eigenvalue weighted by molar-refractivity contribution is -0.148. The maximum atomic E-state index is 11.2. The molecule has 1 unspecified atom stereocenters. The van der Waals surface area contributed by atoms with E-state index < -0.39 is 23.2 Å². The average Bonchev–Trinajstić information content (AvgIpc) is 2.12. The highest BCUT2D eigenvalue weighted by Gasteiger charge is 2.40. The van der Waals surface area contributed by atoms with Crippen molar-refractivity contribution in [1.29, 1.82) is 0 Å². The van der Waals surface area contributed by atoms with Gasteiger partial charge >= 0.3 is 5.97 Å². The number of carboxylic acid groups (broad SMARTS) is 1. The summed E-state index contributed by atoms with van der Waals surface area (Å²) in [5, 5.41) is 8.75. The molecular weight excluding hydrogens is 188 g/mol. The normalized spacial score (nSPS) is 14.4. The molecule has 0 aromatic rings. The van der Waals surface area contributed by atoms with Crippen LogP contribution in [0, 0.1) is 0 Å². The van der Waals surface area contributed by atoms with Gasteiger partial charge in [0, 0.05) is 12.8 Å². The van der Waals surface area contributed by atoms with Crippen molar-refractivity contribution in [2.75, 3.05) is 0 Å². The number of hydrogen-bond donors (Lipinski definition) is 3. The quantitative estimate of drug-likeness (QED) is 0.477. The van der Waals surface area contributed by atoms with E-state index in [2.05, 4.69) is 0 Å². The molecule has 0 heterocycles. The molecule has 0 aromatic heterocycles. The van der Waals surface area contributed by atoms with Gasteiger partial charge in [0.1, 0.15) is 0 Å². The predicted molar refractivity (Wildman–Crippen MR) is 48.3 cm³/mol. The van der Waals surface area contributed by atoms with Crippen molar-refractivity contribution in [1.82, 2.24) is 0 Å². The molecule has 0 fully saturated rings. The first-order valence-corrected chi connectivity index (χ1v) is 4.18. The number of carbonyl (C=O) groups is 3. The Labute approximate surface area is 81.3 Å². The molecule has 0 spiro atoms. The van der Waals surface area contributed by atoms with Gasteiger partial charge in [-0.3, -0.25) is 9.59 Å². The Morgan fingerprint density at radius 2 is 1.86 bits per heavy atom. The number of rotatable bonds is 6. The van der Waals surface area contributed by atoms with Gasteiger partial charge in [-0.15, -0.1) is 0 Å². The number of carboxylic acids is 1. The lowest BCUT2D eigenvalue weighted by atomic mass is 9.88. The van der Waals surface area contributed by atoms with Crippen LogP contribution in [0.3, 0.4) is 0 Å². The minimum absolute atomic E-state index is 0.0154. The summed E-state index contributed by atoms with van der Waals surface area (Å²) in [6.45, 7) is 1.51. The van der Waals surface area contributed by atoms with Crippen LogP contribution in [-0.2, 0) is 14.4 Å². The number of aliphatic carboxylic acids is 1. The molecular formula is C8H14N2O4. The zero-order valence-electron chi connectivity index (χ0n) is 7.95. The second-order valence-corrected chi connectivity index (χ2v) is 3.02. The molecule has 6 nitrogen and oxygen atoms in total. The topological polar surface area (TPSA) is 123 Å². The second kappa shape index (κ2) is 4.71. The average molecular weight is 202 g/mol. The Morgan fingerprint density at radius 3 is 2.14 bits per heavy atom. The first-order chi connectivity index (χ1) is 6.34. The summed E-state index contributed by atoms with van der Waals surface area (Å²) >= 11 is 0. The van der Waals surface area contributed by atoms with Crippen LogP contribution in [-0.4, -0.2) is 28.3 Å². The second-order valence-electron chi connectivity index (χ2n) is 3.02. The van der Waals surface area contributed by atoms with E-state index in [1.54, 1.807) is 0 Å². The minimum atomic E-state index is -1.98. The predicted octanol–water partition coefficient (Wildman–Crippen LogP) is -0.987. The number of nitrogens with two attached hydrogens (primary N) is 2. The Bertz CT molecular complexity index is 264. The fraction of sp³-hybridized carbons (Fsp3) is 0.625. The first-order valence-electron chi connectivity index (χ1n) is 4.18. The van der Waals surface area contributed by atoms with Crippen LogP contribution in [0.15, 0.2) is 0 Å². The number of carbonyl (C=O) groups excluding carboxylic acids is 2. The van der Waals surface area contributed by atoms with Gasteiger partial charge in [-0.2, -0.15) is 0 Å². The molecule has 0 aromatic carbocycles. The molecule has 6 heteroatoms. The molecule has 0 aliphatic rings. The first kappa shape index (κ1) is 12.6. The summed E-state index contributed by atoms with van der Waals surface area (Å²) in [7, 11) is 0. The van der Waals surface area contributed by atoms with Crippen LogP contribution >= 0.6 is 0 Å². The van der Waals surface area contributed by atoms with E-state index in [9.17, 15) is 14.4 Å². The molecule has 0 aliphatic heterocycles. The number of primary amides is 1. The van der Waals surface area contributed by atoms with E-state index in [4.69, 9.17) is 16.6 Å². The van der Waals surface area contributed by atoms with Crippen LogP contribution in [0.1, 0.15) is 26.2 Å². The number of Topliss-reactive ketones (excluding diaryl/α,β-unsaturated/α-hetero) is 1. The van der Waals surface area contributed by atoms with Gasteiger partial charge in [-0.1, -0.05) is 6.92 Å². The SMILES string of the molecule is CCC(=O)C(N)(CCC(N)=O)C(=O)O. The largest absolute Gasteiger partial charge is 0.480 e. The van der Waals surface area contributed by atoms with E-state index in [0.717, 1.165) is 0 Å². The van der Waals surface area contributed by atoms with E-state index >= 15 is 0 Å². The fourth-order valence-corrected chi connectivity index (χ4v) is 1.00. The van der Waals surface area contributed by atoms with E-state index in [1.165, 1.54) is 6.92 Å². The molecule has 1 amide bonds. The lowest BCUT2D eigenvalue weighted by Gasteiger charge is -2.21. The van der Waals surface area contributed by atoms with Crippen LogP contribution in [0.4, 0.5) is 0 Å². The highest BCUT2D eigenvalue weighted by Crippen LogP contribution is 2.13. The number of amides is 1. The molecule has 0 saturated carbocycles. The van der Waals surface area contributed by atoms with Gasteiger partial charge in [-0.05, 0) is 6.42 Å². The van der Waals surface area contributed by atoms with Crippen molar-refractivity contribution >= 4 is 17.7 Å². The number of hydrogen-bond acceptors (Lipinski definition) is 4. The molecule has 80 valence electrons. The summed E-state index contributed by atoms with van der Waals surface area (Å²) in [4.78, 5) is 32.4. The third kappa shape index (κ3) is 2.81. The Balaban J connectivity index is 4.64. The van der Waals surface area contributed by atoms with Crippen LogP contribution in [0.2, 0.25) is 0 Å². The molecule has 0 radical (unpaired) electrons. The van der Waals surface area contributed by atoms with Crippen molar-refractivity contribution in [2.24, 2.45) is 11.5 Å². The maximum Gasteiger partial charge on any atom is 0.331 e. The molecule has 0 aliphatic carbocycles. The molecule has 0 rings (SSSR count). The molecule has 1 atom stereocenters. The summed E-state index contributed by atoms with van der Waals surface area (Å²) in [6.07, 6.45) is -0.458. The van der Waals surface area contributed by atoms with E-state index in [-0.39, 0.29) is 19.3 Å².